The van der Waals surface area contributed by atoms with E-state index in [0.29, 0.717) is 10.9 Å². The highest BCUT2D eigenvalue weighted by molar-refractivity contribution is 6.02. The van der Waals surface area contributed by atoms with Crippen LogP contribution in [0.5, 0.6) is 5.88 Å². The SMILES string of the molecule is C#CCOc1cc(C(=O)O)c2ccccc2n1. The Kier molecular flexibility index (Phi) is 2.93. The van der Waals surface area contributed by atoms with Gasteiger partial charge in [-0.3, -0.25) is 0 Å². The maximum Gasteiger partial charge on any atom is 0.336 e. The summed E-state index contributed by atoms with van der Waals surface area (Å²) >= 11 is 0. The maximum absolute atomic E-state index is 11.1. The Labute approximate surface area is 97.9 Å². The number of benzene rings is 1. The molecule has 0 amide bonds. The highest BCUT2D eigenvalue weighted by Crippen LogP contribution is 2.21. The molecule has 2 aromatic rings. The van der Waals surface area contributed by atoms with Crippen LogP contribution < -0.4 is 4.74 Å². The molecule has 0 aliphatic rings. The van der Waals surface area contributed by atoms with Gasteiger partial charge in [0, 0.05) is 11.5 Å². The molecule has 0 spiro atoms. The van der Waals surface area contributed by atoms with Gasteiger partial charge in [0.25, 0.3) is 0 Å². The minimum Gasteiger partial charge on any atom is -0.478 e. The molecule has 1 N–H and O–H groups in total. The first-order valence-corrected chi connectivity index (χ1v) is 4.91. The molecule has 2 rings (SSSR count). The van der Waals surface area contributed by atoms with Crippen molar-refractivity contribution in [2.75, 3.05) is 6.61 Å². The smallest absolute Gasteiger partial charge is 0.336 e. The Balaban J connectivity index is 2.59. The van der Waals surface area contributed by atoms with Crippen molar-refractivity contribution >= 4 is 16.9 Å². The van der Waals surface area contributed by atoms with E-state index < -0.39 is 5.97 Å². The number of rotatable bonds is 3. The molecule has 1 heterocycles. The monoisotopic (exact) mass is 227 g/mol. The molecular weight excluding hydrogens is 218 g/mol. The predicted octanol–water partition coefficient (Wildman–Crippen LogP) is 1.95. The third kappa shape index (κ3) is 2.18. The Hall–Kier alpha value is -2.54. The molecule has 1 aromatic heterocycles. The van der Waals surface area contributed by atoms with Gasteiger partial charge in [-0.05, 0) is 6.07 Å². The number of hydrogen-bond donors (Lipinski definition) is 1. The molecule has 1 aromatic carbocycles. The van der Waals surface area contributed by atoms with E-state index in [1.165, 1.54) is 6.07 Å². The van der Waals surface area contributed by atoms with Crippen LogP contribution in [-0.2, 0) is 0 Å². The van der Waals surface area contributed by atoms with Crippen LogP contribution in [0.1, 0.15) is 10.4 Å². The van der Waals surface area contributed by atoms with Crippen molar-refractivity contribution in [1.82, 2.24) is 4.98 Å². The fourth-order valence-corrected chi connectivity index (χ4v) is 1.52. The van der Waals surface area contributed by atoms with Crippen LogP contribution >= 0.6 is 0 Å². The second-order valence-electron chi connectivity index (χ2n) is 3.32. The van der Waals surface area contributed by atoms with E-state index in [1.54, 1.807) is 24.3 Å². The molecule has 0 fully saturated rings. The molecule has 0 bridgehead atoms. The van der Waals surface area contributed by atoms with Gasteiger partial charge in [-0.25, -0.2) is 9.78 Å². The van der Waals surface area contributed by atoms with E-state index in [4.69, 9.17) is 16.3 Å². The zero-order chi connectivity index (χ0) is 12.3. The normalized spacial score (nSPS) is 9.82. The average molecular weight is 227 g/mol. The fraction of sp³-hybridized carbons (Fsp3) is 0.0769. The van der Waals surface area contributed by atoms with Gasteiger partial charge in [0.15, 0.2) is 6.61 Å². The van der Waals surface area contributed by atoms with Gasteiger partial charge in [0.1, 0.15) is 0 Å². The summed E-state index contributed by atoms with van der Waals surface area (Å²) in [6.45, 7) is 0.0599. The van der Waals surface area contributed by atoms with Crippen molar-refractivity contribution in [2.24, 2.45) is 0 Å². The average Bonchev–Trinajstić information content (AvgIpc) is 2.35. The number of pyridine rings is 1. The zero-order valence-electron chi connectivity index (χ0n) is 8.88. The summed E-state index contributed by atoms with van der Waals surface area (Å²) in [6, 6.07) is 8.35. The Bertz CT molecular complexity index is 614. The number of aromatic carboxylic acids is 1. The molecule has 4 heteroatoms. The van der Waals surface area contributed by atoms with E-state index >= 15 is 0 Å². The van der Waals surface area contributed by atoms with E-state index in [0.717, 1.165) is 0 Å². The number of carboxylic acids is 1. The summed E-state index contributed by atoms with van der Waals surface area (Å²) in [7, 11) is 0. The van der Waals surface area contributed by atoms with Gasteiger partial charge in [0.05, 0.1) is 11.1 Å². The van der Waals surface area contributed by atoms with Gasteiger partial charge in [-0.2, -0.15) is 0 Å². The minimum absolute atomic E-state index is 0.0599. The Morgan fingerprint density at radius 2 is 2.24 bits per heavy atom. The molecule has 17 heavy (non-hydrogen) atoms. The zero-order valence-corrected chi connectivity index (χ0v) is 8.88. The predicted molar refractivity (Wildman–Crippen MR) is 63.0 cm³/mol. The largest absolute Gasteiger partial charge is 0.478 e. The van der Waals surface area contributed by atoms with Crippen LogP contribution in [-0.4, -0.2) is 22.7 Å². The van der Waals surface area contributed by atoms with Gasteiger partial charge < -0.3 is 9.84 Å². The Morgan fingerprint density at radius 1 is 1.47 bits per heavy atom. The van der Waals surface area contributed by atoms with Crippen LogP contribution in [0.2, 0.25) is 0 Å². The standard InChI is InChI=1S/C13H9NO3/c1-2-7-17-12-8-10(13(15)16)9-5-3-4-6-11(9)14-12/h1,3-6,8H,7H2,(H,15,16). The van der Waals surface area contributed by atoms with E-state index in [9.17, 15) is 4.79 Å². The summed E-state index contributed by atoms with van der Waals surface area (Å²) in [5, 5.41) is 9.69. The molecule has 0 unspecified atom stereocenters. The van der Waals surface area contributed by atoms with Gasteiger partial charge in [-0.15, -0.1) is 6.42 Å². The highest BCUT2D eigenvalue weighted by atomic mass is 16.5. The topological polar surface area (TPSA) is 59.4 Å². The molecule has 0 saturated heterocycles. The van der Waals surface area contributed by atoms with Crippen molar-refractivity contribution in [1.29, 1.82) is 0 Å². The summed E-state index contributed by atoms with van der Waals surface area (Å²) in [6.07, 6.45) is 5.07. The minimum atomic E-state index is -1.02. The molecule has 0 atom stereocenters. The van der Waals surface area contributed by atoms with Gasteiger partial charge in [0.2, 0.25) is 5.88 Å². The Morgan fingerprint density at radius 3 is 2.94 bits per heavy atom. The van der Waals surface area contributed by atoms with Crippen LogP contribution in [0.15, 0.2) is 30.3 Å². The van der Waals surface area contributed by atoms with Crippen molar-refractivity contribution in [3.8, 4) is 18.2 Å². The third-order valence-electron chi connectivity index (χ3n) is 2.23. The fourth-order valence-electron chi connectivity index (χ4n) is 1.52. The van der Waals surface area contributed by atoms with Gasteiger partial charge >= 0.3 is 5.97 Å². The number of aromatic nitrogens is 1. The van der Waals surface area contributed by atoms with Crippen molar-refractivity contribution in [3.63, 3.8) is 0 Å². The number of carboxylic acid groups (broad SMARTS) is 1. The van der Waals surface area contributed by atoms with Crippen molar-refractivity contribution in [2.45, 2.75) is 0 Å². The number of nitrogens with zero attached hydrogens (tertiary/aromatic N) is 1. The number of hydrogen-bond acceptors (Lipinski definition) is 3. The maximum atomic E-state index is 11.1. The molecule has 0 radical (unpaired) electrons. The first-order chi connectivity index (χ1) is 8.22. The lowest BCUT2D eigenvalue weighted by atomic mass is 10.1. The first kappa shape index (κ1) is 11.0. The quantitative estimate of drug-likeness (QED) is 0.814. The first-order valence-electron chi connectivity index (χ1n) is 4.91. The summed E-state index contributed by atoms with van der Waals surface area (Å²) in [5.74, 6) is 1.51. The summed E-state index contributed by atoms with van der Waals surface area (Å²) < 4.78 is 5.14. The van der Waals surface area contributed by atoms with Crippen LogP contribution in [0.25, 0.3) is 10.9 Å². The van der Waals surface area contributed by atoms with Crippen molar-refractivity contribution in [3.05, 3.63) is 35.9 Å². The number of ether oxygens (including phenoxy) is 1. The lowest BCUT2D eigenvalue weighted by molar-refractivity contribution is 0.0698. The molecular formula is C13H9NO3. The number of carbonyl (C=O) groups is 1. The number of para-hydroxylation sites is 1. The van der Waals surface area contributed by atoms with E-state index in [1.807, 2.05) is 0 Å². The lowest BCUT2D eigenvalue weighted by Crippen LogP contribution is -2.02. The summed E-state index contributed by atoms with van der Waals surface area (Å²) in [4.78, 5) is 15.3. The van der Waals surface area contributed by atoms with Crippen LogP contribution in [0.3, 0.4) is 0 Å². The second kappa shape index (κ2) is 4.54. The number of fused-ring (bicyclic) bond motifs is 1. The molecule has 4 nitrogen and oxygen atoms in total. The molecule has 0 aliphatic carbocycles. The third-order valence-corrected chi connectivity index (χ3v) is 2.23. The van der Waals surface area contributed by atoms with Crippen LogP contribution in [0, 0.1) is 12.3 Å². The molecule has 0 aliphatic heterocycles. The van der Waals surface area contributed by atoms with Crippen molar-refractivity contribution < 1.29 is 14.6 Å². The van der Waals surface area contributed by atoms with Crippen LogP contribution in [0.4, 0.5) is 0 Å². The van der Waals surface area contributed by atoms with E-state index in [-0.39, 0.29) is 18.1 Å². The van der Waals surface area contributed by atoms with Gasteiger partial charge in [-0.1, -0.05) is 24.1 Å². The van der Waals surface area contributed by atoms with E-state index in [2.05, 4.69) is 10.9 Å². The number of terminal acetylenes is 1. The lowest BCUT2D eigenvalue weighted by Gasteiger charge is -2.06. The molecule has 84 valence electrons. The highest BCUT2D eigenvalue weighted by Gasteiger charge is 2.11. The molecule has 0 saturated carbocycles. The summed E-state index contributed by atoms with van der Waals surface area (Å²) in [5.41, 5.74) is 0.724. The second-order valence-corrected chi connectivity index (χ2v) is 3.32.